The standard InChI is InChI=1S/C9H18NO2S/c1-8(2)5-10-4-3-9(6-10)7-13(11)12/h9,13H,3-7H2,1-2H3. The van der Waals surface area contributed by atoms with E-state index in [2.05, 4.69) is 18.7 Å². The molecule has 1 heterocycles. The lowest BCUT2D eigenvalue weighted by atomic mass is 10.1. The van der Waals surface area contributed by atoms with Crippen molar-refractivity contribution >= 4 is 10.7 Å². The lowest BCUT2D eigenvalue weighted by Crippen LogP contribution is -2.25. The van der Waals surface area contributed by atoms with Crippen molar-refractivity contribution in [2.24, 2.45) is 5.92 Å². The molecule has 0 aromatic heterocycles. The fraction of sp³-hybridized carbons (Fsp3) is 0.889. The maximum absolute atomic E-state index is 10.5. The Morgan fingerprint density at radius 2 is 2.15 bits per heavy atom. The van der Waals surface area contributed by atoms with Crippen LogP contribution in [0.4, 0.5) is 0 Å². The predicted octanol–water partition coefficient (Wildman–Crippen LogP) is 0.534. The molecule has 0 aromatic rings. The van der Waals surface area contributed by atoms with Crippen LogP contribution in [-0.4, -0.2) is 38.7 Å². The van der Waals surface area contributed by atoms with E-state index in [9.17, 15) is 8.42 Å². The van der Waals surface area contributed by atoms with Crippen molar-refractivity contribution in [1.29, 1.82) is 0 Å². The monoisotopic (exact) mass is 204 g/mol. The first-order valence-corrected chi connectivity index (χ1v) is 6.07. The molecule has 3 nitrogen and oxygen atoms in total. The zero-order valence-electron chi connectivity index (χ0n) is 8.32. The van der Waals surface area contributed by atoms with E-state index >= 15 is 0 Å². The average molecular weight is 204 g/mol. The minimum atomic E-state index is -2.18. The molecule has 0 bridgehead atoms. The summed E-state index contributed by atoms with van der Waals surface area (Å²) in [5.74, 6) is 2.14. The van der Waals surface area contributed by atoms with Crippen LogP contribution in [0.2, 0.25) is 0 Å². The maximum Gasteiger partial charge on any atom is 0.140 e. The van der Waals surface area contributed by atoms with Gasteiger partial charge in [0.1, 0.15) is 10.7 Å². The molecule has 0 N–H and O–H groups in total. The normalized spacial score (nSPS) is 24.8. The Morgan fingerprint density at radius 3 is 2.69 bits per heavy atom. The van der Waals surface area contributed by atoms with Gasteiger partial charge >= 0.3 is 0 Å². The van der Waals surface area contributed by atoms with Crippen LogP contribution in [0.25, 0.3) is 0 Å². The molecule has 4 heteroatoms. The third-order valence-corrected chi connectivity index (χ3v) is 3.13. The largest absolute Gasteiger partial charge is 0.302 e. The van der Waals surface area contributed by atoms with Crippen LogP contribution in [0.1, 0.15) is 20.3 Å². The quantitative estimate of drug-likeness (QED) is 0.679. The van der Waals surface area contributed by atoms with E-state index in [0.717, 1.165) is 26.1 Å². The Bertz CT molecular complexity index is 218. The summed E-state index contributed by atoms with van der Waals surface area (Å²) in [6.07, 6.45) is 1.04. The van der Waals surface area contributed by atoms with Crippen LogP contribution in [0, 0.1) is 11.8 Å². The van der Waals surface area contributed by atoms with Crippen LogP contribution in [-0.2, 0) is 10.7 Å². The number of likely N-dealkylation sites (tertiary alicyclic amines) is 1. The molecule has 0 spiro atoms. The Labute approximate surface area is 82.1 Å². The molecule has 77 valence electrons. The zero-order valence-corrected chi connectivity index (χ0v) is 9.22. The first-order valence-electron chi connectivity index (χ1n) is 4.71. The Kier molecular flexibility index (Phi) is 4.19. The van der Waals surface area contributed by atoms with E-state index in [1.807, 2.05) is 0 Å². The SMILES string of the molecule is C[C](C)CN1CCC(C[SH](=O)=O)C1. The number of rotatable bonds is 4. The first kappa shape index (κ1) is 11.0. The van der Waals surface area contributed by atoms with Gasteiger partial charge in [-0.15, -0.1) is 0 Å². The second-order valence-corrected chi connectivity index (χ2v) is 5.14. The summed E-state index contributed by atoms with van der Waals surface area (Å²) in [4.78, 5) is 2.33. The summed E-state index contributed by atoms with van der Waals surface area (Å²) < 4.78 is 21.0. The molecule has 0 aliphatic carbocycles. The molecule has 0 aromatic carbocycles. The first-order chi connectivity index (χ1) is 6.08. The van der Waals surface area contributed by atoms with Gasteiger partial charge in [-0.05, 0) is 24.8 Å². The second-order valence-electron chi connectivity index (χ2n) is 4.11. The fourth-order valence-corrected chi connectivity index (χ4v) is 2.58. The van der Waals surface area contributed by atoms with Gasteiger partial charge in [-0.1, -0.05) is 13.8 Å². The van der Waals surface area contributed by atoms with Gasteiger partial charge in [-0.3, -0.25) is 0 Å². The highest BCUT2D eigenvalue weighted by Crippen LogP contribution is 2.17. The van der Waals surface area contributed by atoms with E-state index in [1.54, 1.807) is 0 Å². The molecular weight excluding hydrogens is 186 g/mol. The van der Waals surface area contributed by atoms with Crippen LogP contribution < -0.4 is 0 Å². The van der Waals surface area contributed by atoms with Gasteiger partial charge in [-0.2, -0.15) is 0 Å². The van der Waals surface area contributed by atoms with Gasteiger partial charge in [0.15, 0.2) is 0 Å². The molecule has 1 aliphatic heterocycles. The highest BCUT2D eigenvalue weighted by atomic mass is 32.2. The highest BCUT2D eigenvalue weighted by Gasteiger charge is 2.23. The maximum atomic E-state index is 10.5. The fourth-order valence-electron chi connectivity index (χ4n) is 1.86. The van der Waals surface area contributed by atoms with Gasteiger partial charge in [0, 0.05) is 13.1 Å². The van der Waals surface area contributed by atoms with Gasteiger partial charge in [0.25, 0.3) is 0 Å². The molecular formula is C9H18NO2S. The summed E-state index contributed by atoms with van der Waals surface area (Å²) in [6.45, 7) is 7.25. The van der Waals surface area contributed by atoms with E-state index < -0.39 is 10.7 Å². The van der Waals surface area contributed by atoms with Crippen LogP contribution >= 0.6 is 0 Å². The zero-order chi connectivity index (χ0) is 9.84. The van der Waals surface area contributed by atoms with Gasteiger partial charge in [0.05, 0.1) is 5.75 Å². The number of thiol groups is 1. The Hall–Kier alpha value is -0.0900. The number of nitrogens with zero attached hydrogens (tertiary/aromatic N) is 1. The molecule has 1 atom stereocenters. The number of hydrogen-bond acceptors (Lipinski definition) is 3. The van der Waals surface area contributed by atoms with Crippen molar-refractivity contribution in [3.05, 3.63) is 5.92 Å². The molecule has 1 aliphatic rings. The summed E-state index contributed by atoms with van der Waals surface area (Å²) in [5, 5.41) is 0. The Balaban J connectivity index is 2.27. The molecule has 1 rings (SSSR count). The van der Waals surface area contributed by atoms with Gasteiger partial charge in [0.2, 0.25) is 0 Å². The van der Waals surface area contributed by atoms with Crippen molar-refractivity contribution < 1.29 is 8.42 Å². The third kappa shape index (κ3) is 4.09. The lowest BCUT2D eigenvalue weighted by molar-refractivity contribution is 0.341. The van der Waals surface area contributed by atoms with Crippen molar-refractivity contribution in [3.8, 4) is 0 Å². The van der Waals surface area contributed by atoms with Gasteiger partial charge < -0.3 is 4.90 Å². The van der Waals surface area contributed by atoms with Crippen molar-refractivity contribution in [2.45, 2.75) is 20.3 Å². The van der Waals surface area contributed by atoms with Crippen molar-refractivity contribution in [1.82, 2.24) is 4.90 Å². The third-order valence-electron chi connectivity index (χ3n) is 2.32. The van der Waals surface area contributed by atoms with E-state index in [4.69, 9.17) is 0 Å². The van der Waals surface area contributed by atoms with Crippen molar-refractivity contribution in [3.63, 3.8) is 0 Å². The lowest BCUT2D eigenvalue weighted by Gasteiger charge is -2.17. The Morgan fingerprint density at radius 1 is 1.46 bits per heavy atom. The summed E-state index contributed by atoms with van der Waals surface area (Å²) in [6, 6.07) is 0. The second kappa shape index (κ2) is 4.96. The van der Waals surface area contributed by atoms with Crippen molar-refractivity contribution in [2.75, 3.05) is 25.4 Å². The molecule has 0 amide bonds. The van der Waals surface area contributed by atoms with E-state index in [1.165, 1.54) is 5.92 Å². The molecule has 0 saturated carbocycles. The van der Waals surface area contributed by atoms with E-state index in [0.29, 0.717) is 11.7 Å². The van der Waals surface area contributed by atoms with Crippen LogP contribution in [0.3, 0.4) is 0 Å². The number of hydrogen-bond donors (Lipinski definition) is 1. The summed E-state index contributed by atoms with van der Waals surface area (Å²) in [7, 11) is -2.18. The summed E-state index contributed by atoms with van der Waals surface area (Å²) >= 11 is 0. The molecule has 1 fully saturated rings. The summed E-state index contributed by atoms with van der Waals surface area (Å²) in [5.41, 5.74) is 0. The van der Waals surface area contributed by atoms with Crippen LogP contribution in [0.15, 0.2) is 0 Å². The smallest absolute Gasteiger partial charge is 0.140 e. The molecule has 1 saturated heterocycles. The van der Waals surface area contributed by atoms with Crippen LogP contribution in [0.5, 0.6) is 0 Å². The molecule has 13 heavy (non-hydrogen) atoms. The van der Waals surface area contributed by atoms with Gasteiger partial charge in [-0.25, -0.2) is 8.42 Å². The average Bonchev–Trinajstić information content (AvgIpc) is 2.33. The van der Waals surface area contributed by atoms with E-state index in [-0.39, 0.29) is 0 Å². The highest BCUT2D eigenvalue weighted by molar-refractivity contribution is 7.72. The molecule has 1 unspecified atom stereocenters. The predicted molar refractivity (Wildman–Crippen MR) is 54.3 cm³/mol. The molecule has 1 radical (unpaired) electrons. The minimum absolute atomic E-state index is 0.370. The minimum Gasteiger partial charge on any atom is -0.302 e. The topological polar surface area (TPSA) is 37.4 Å².